The number of hydrogen-bond acceptors (Lipinski definition) is 5. The number of rotatable bonds is 7. The summed E-state index contributed by atoms with van der Waals surface area (Å²) < 4.78 is 35.3. The van der Waals surface area contributed by atoms with E-state index >= 15 is 0 Å². The minimum Gasteiger partial charge on any atom is -0.495 e. The summed E-state index contributed by atoms with van der Waals surface area (Å²) in [6.07, 6.45) is 0. The van der Waals surface area contributed by atoms with Crippen LogP contribution in [0.1, 0.15) is 13.8 Å². The molecule has 0 aliphatic heterocycles. The van der Waals surface area contributed by atoms with Crippen LogP contribution in [0, 0.1) is 0 Å². The van der Waals surface area contributed by atoms with Gasteiger partial charge in [0, 0.05) is 0 Å². The third kappa shape index (κ3) is 3.86. The number of anilines is 1. The summed E-state index contributed by atoms with van der Waals surface area (Å²) in [5, 5.41) is 0. The van der Waals surface area contributed by atoms with Gasteiger partial charge in [-0.2, -0.15) is 0 Å². The zero-order valence-corrected chi connectivity index (χ0v) is 12.6. The second-order valence-electron chi connectivity index (χ2n) is 3.88. The van der Waals surface area contributed by atoms with Crippen LogP contribution < -0.4 is 9.04 Å². The Labute approximate surface area is 119 Å². The van der Waals surface area contributed by atoms with Crippen molar-refractivity contribution in [2.24, 2.45) is 0 Å². The molecule has 1 rings (SSSR count). The van der Waals surface area contributed by atoms with E-state index in [2.05, 4.69) is 0 Å². The van der Waals surface area contributed by atoms with Crippen LogP contribution in [0.25, 0.3) is 0 Å². The molecule has 0 spiro atoms. The molecule has 112 valence electrons. The van der Waals surface area contributed by atoms with Gasteiger partial charge in [-0.3, -0.25) is 9.10 Å². The van der Waals surface area contributed by atoms with E-state index in [0.29, 0.717) is 11.4 Å². The van der Waals surface area contributed by atoms with Gasteiger partial charge in [0.25, 0.3) is 0 Å². The Morgan fingerprint density at radius 3 is 2.45 bits per heavy atom. The van der Waals surface area contributed by atoms with Gasteiger partial charge in [0.15, 0.2) is 0 Å². The largest absolute Gasteiger partial charge is 0.495 e. The molecule has 0 saturated heterocycles. The first kappa shape index (κ1) is 16.3. The summed E-state index contributed by atoms with van der Waals surface area (Å²) >= 11 is 0. The van der Waals surface area contributed by atoms with Crippen LogP contribution >= 0.6 is 0 Å². The Morgan fingerprint density at radius 1 is 1.25 bits per heavy atom. The molecule has 0 heterocycles. The highest BCUT2D eigenvalue weighted by Crippen LogP contribution is 2.29. The maximum absolute atomic E-state index is 12.2. The molecule has 0 N–H and O–H groups in total. The van der Waals surface area contributed by atoms with Crippen LogP contribution in [0.4, 0.5) is 5.69 Å². The molecule has 6 nitrogen and oxygen atoms in total. The van der Waals surface area contributed by atoms with Crippen molar-refractivity contribution in [2.45, 2.75) is 13.8 Å². The van der Waals surface area contributed by atoms with Crippen molar-refractivity contribution < 1.29 is 22.7 Å². The highest BCUT2D eigenvalue weighted by molar-refractivity contribution is 7.92. The van der Waals surface area contributed by atoms with Gasteiger partial charge in [-0.25, -0.2) is 8.42 Å². The molecule has 0 saturated carbocycles. The van der Waals surface area contributed by atoms with Crippen LogP contribution in [-0.2, 0) is 19.6 Å². The Morgan fingerprint density at radius 2 is 1.90 bits per heavy atom. The van der Waals surface area contributed by atoms with E-state index in [1.807, 2.05) is 0 Å². The van der Waals surface area contributed by atoms with Crippen molar-refractivity contribution in [1.82, 2.24) is 0 Å². The molecule has 1 aromatic rings. The number of nitrogens with zero attached hydrogens (tertiary/aromatic N) is 1. The van der Waals surface area contributed by atoms with Crippen LogP contribution in [0.15, 0.2) is 24.3 Å². The summed E-state index contributed by atoms with van der Waals surface area (Å²) in [4.78, 5) is 11.6. The number of benzene rings is 1. The Bertz CT molecular complexity index is 556. The monoisotopic (exact) mass is 301 g/mol. The van der Waals surface area contributed by atoms with Gasteiger partial charge in [0.05, 0.1) is 25.2 Å². The number of para-hydroxylation sites is 2. The van der Waals surface area contributed by atoms with Crippen molar-refractivity contribution in [3.8, 4) is 5.75 Å². The van der Waals surface area contributed by atoms with Crippen molar-refractivity contribution >= 4 is 21.7 Å². The molecule has 0 aromatic heterocycles. The number of hydrogen-bond donors (Lipinski definition) is 0. The Balaban J connectivity index is 3.20. The van der Waals surface area contributed by atoms with Gasteiger partial charge < -0.3 is 9.47 Å². The lowest BCUT2D eigenvalue weighted by atomic mass is 10.3. The van der Waals surface area contributed by atoms with Crippen molar-refractivity contribution in [1.29, 1.82) is 0 Å². The van der Waals surface area contributed by atoms with E-state index in [-0.39, 0.29) is 18.9 Å². The Kier molecular flexibility index (Phi) is 5.82. The molecule has 0 aliphatic carbocycles. The van der Waals surface area contributed by atoms with E-state index in [9.17, 15) is 13.2 Å². The second-order valence-corrected chi connectivity index (χ2v) is 6.07. The molecular weight excluding hydrogens is 282 g/mol. The molecule has 0 radical (unpaired) electrons. The topological polar surface area (TPSA) is 72.9 Å². The molecule has 0 fully saturated rings. The molecule has 0 unspecified atom stereocenters. The van der Waals surface area contributed by atoms with Gasteiger partial charge in [0.1, 0.15) is 12.3 Å². The minimum atomic E-state index is -3.61. The predicted octanol–water partition coefficient (Wildman–Crippen LogP) is 1.41. The molecular formula is C13H19NO5S. The SMILES string of the molecule is CCOC(=O)CN(c1ccccc1OC)S(=O)(=O)CC. The summed E-state index contributed by atoms with van der Waals surface area (Å²) in [7, 11) is -2.16. The maximum Gasteiger partial charge on any atom is 0.326 e. The summed E-state index contributed by atoms with van der Waals surface area (Å²) in [6, 6.07) is 6.63. The predicted molar refractivity (Wildman–Crippen MR) is 76.4 cm³/mol. The first-order valence-electron chi connectivity index (χ1n) is 6.25. The maximum atomic E-state index is 12.2. The average Bonchev–Trinajstić information content (AvgIpc) is 2.45. The third-order valence-corrected chi connectivity index (χ3v) is 4.36. The van der Waals surface area contributed by atoms with Crippen LogP contribution in [0.2, 0.25) is 0 Å². The normalized spacial score (nSPS) is 10.9. The number of carbonyl (C=O) groups is 1. The number of methoxy groups -OCH3 is 1. The van der Waals surface area contributed by atoms with Gasteiger partial charge in [-0.1, -0.05) is 12.1 Å². The van der Waals surface area contributed by atoms with Crippen LogP contribution in [-0.4, -0.2) is 40.4 Å². The number of sulfonamides is 1. The van der Waals surface area contributed by atoms with E-state index < -0.39 is 16.0 Å². The fourth-order valence-corrected chi connectivity index (χ4v) is 2.71. The number of carbonyl (C=O) groups excluding carboxylic acids is 1. The van der Waals surface area contributed by atoms with E-state index in [4.69, 9.17) is 9.47 Å². The molecule has 0 atom stereocenters. The zero-order chi connectivity index (χ0) is 15.2. The lowest BCUT2D eigenvalue weighted by Crippen LogP contribution is -2.37. The molecule has 20 heavy (non-hydrogen) atoms. The number of esters is 1. The molecule has 0 amide bonds. The van der Waals surface area contributed by atoms with Crippen molar-refractivity contribution in [3.05, 3.63) is 24.3 Å². The fraction of sp³-hybridized carbons (Fsp3) is 0.462. The summed E-state index contributed by atoms with van der Waals surface area (Å²) in [6.45, 7) is 3.01. The van der Waals surface area contributed by atoms with Gasteiger partial charge in [0.2, 0.25) is 10.0 Å². The first-order valence-corrected chi connectivity index (χ1v) is 7.86. The third-order valence-electron chi connectivity index (χ3n) is 2.63. The van der Waals surface area contributed by atoms with E-state index in [1.54, 1.807) is 31.2 Å². The molecule has 0 bridgehead atoms. The highest BCUT2D eigenvalue weighted by Gasteiger charge is 2.26. The smallest absolute Gasteiger partial charge is 0.326 e. The minimum absolute atomic E-state index is 0.121. The number of ether oxygens (including phenoxy) is 2. The Hall–Kier alpha value is -1.76. The standard InChI is InChI=1S/C13H19NO5S/c1-4-19-13(15)10-14(20(16,17)5-2)11-8-6-7-9-12(11)18-3/h6-9H,4-5,10H2,1-3H3. The summed E-state index contributed by atoms with van der Waals surface area (Å²) in [5.41, 5.74) is 0.324. The first-order chi connectivity index (χ1) is 9.46. The van der Waals surface area contributed by atoms with Crippen molar-refractivity contribution in [2.75, 3.05) is 30.3 Å². The van der Waals surface area contributed by atoms with Gasteiger partial charge in [-0.15, -0.1) is 0 Å². The molecule has 7 heteroatoms. The van der Waals surface area contributed by atoms with Gasteiger partial charge >= 0.3 is 5.97 Å². The van der Waals surface area contributed by atoms with Gasteiger partial charge in [-0.05, 0) is 26.0 Å². The lowest BCUT2D eigenvalue weighted by molar-refractivity contribution is -0.141. The van der Waals surface area contributed by atoms with Crippen LogP contribution in [0.3, 0.4) is 0 Å². The van der Waals surface area contributed by atoms with E-state index in [1.165, 1.54) is 14.0 Å². The lowest BCUT2D eigenvalue weighted by Gasteiger charge is -2.24. The van der Waals surface area contributed by atoms with Crippen molar-refractivity contribution in [3.63, 3.8) is 0 Å². The van der Waals surface area contributed by atoms with E-state index in [0.717, 1.165) is 4.31 Å². The molecule has 0 aliphatic rings. The highest BCUT2D eigenvalue weighted by atomic mass is 32.2. The average molecular weight is 301 g/mol. The van der Waals surface area contributed by atoms with Crippen LogP contribution in [0.5, 0.6) is 5.75 Å². The fourth-order valence-electron chi connectivity index (χ4n) is 1.65. The quantitative estimate of drug-likeness (QED) is 0.712. The molecule has 1 aromatic carbocycles. The summed E-state index contributed by atoms with van der Waals surface area (Å²) in [5.74, 6) is -0.339. The second kappa shape index (κ2) is 7.14. The zero-order valence-electron chi connectivity index (χ0n) is 11.8.